The van der Waals surface area contributed by atoms with Gasteiger partial charge in [-0.1, -0.05) is 17.7 Å². The maximum absolute atomic E-state index is 9.94. The lowest BCUT2D eigenvalue weighted by Crippen LogP contribution is -2.32. The molecular weight excluding hydrogens is 248 g/mol. The van der Waals surface area contributed by atoms with E-state index in [4.69, 9.17) is 0 Å². The van der Waals surface area contributed by atoms with Crippen molar-refractivity contribution in [1.29, 1.82) is 0 Å². The van der Waals surface area contributed by atoms with Gasteiger partial charge in [0.2, 0.25) is 0 Å². The Morgan fingerprint density at radius 3 is 2.75 bits per heavy atom. The van der Waals surface area contributed by atoms with Crippen LogP contribution in [0.3, 0.4) is 0 Å². The van der Waals surface area contributed by atoms with Crippen molar-refractivity contribution in [2.45, 2.75) is 39.2 Å². The molecule has 0 aliphatic carbocycles. The van der Waals surface area contributed by atoms with Gasteiger partial charge < -0.3 is 15.3 Å². The van der Waals surface area contributed by atoms with E-state index in [2.05, 4.69) is 37.2 Å². The van der Waals surface area contributed by atoms with Crippen molar-refractivity contribution in [3.63, 3.8) is 0 Å². The summed E-state index contributed by atoms with van der Waals surface area (Å²) < 4.78 is 0. The Hall–Kier alpha value is -1.06. The van der Waals surface area contributed by atoms with Crippen molar-refractivity contribution in [1.82, 2.24) is 10.2 Å². The van der Waals surface area contributed by atoms with Crippen LogP contribution in [-0.4, -0.2) is 36.7 Å². The summed E-state index contributed by atoms with van der Waals surface area (Å²) in [5, 5.41) is 13.5. The molecule has 1 aliphatic rings. The fourth-order valence-electron chi connectivity index (χ4n) is 2.99. The molecule has 112 valence electrons. The smallest absolute Gasteiger partial charge is 0.120 e. The number of nitrogens with one attached hydrogen (secondary N) is 1. The molecule has 1 atom stereocenters. The Bertz CT molecular complexity index is 425. The van der Waals surface area contributed by atoms with Gasteiger partial charge in [0, 0.05) is 11.6 Å². The molecule has 1 fully saturated rings. The summed E-state index contributed by atoms with van der Waals surface area (Å²) in [7, 11) is 2.21. The normalized spacial score (nSPS) is 19.1. The number of nitrogens with zero attached hydrogens (tertiary/aromatic N) is 1. The minimum Gasteiger partial charge on any atom is -0.508 e. The Morgan fingerprint density at radius 2 is 2.05 bits per heavy atom. The van der Waals surface area contributed by atoms with Crippen molar-refractivity contribution < 1.29 is 5.11 Å². The second-order valence-electron chi connectivity index (χ2n) is 6.27. The van der Waals surface area contributed by atoms with Gasteiger partial charge >= 0.3 is 0 Å². The van der Waals surface area contributed by atoms with E-state index in [0.29, 0.717) is 5.75 Å². The summed E-state index contributed by atoms with van der Waals surface area (Å²) in [6, 6.07) is 6.02. The van der Waals surface area contributed by atoms with Crippen molar-refractivity contribution in [2.24, 2.45) is 5.92 Å². The lowest BCUT2D eigenvalue weighted by Gasteiger charge is -2.29. The Balaban J connectivity index is 1.77. The lowest BCUT2D eigenvalue weighted by molar-refractivity contribution is 0.210. The quantitative estimate of drug-likeness (QED) is 0.867. The molecule has 0 bridgehead atoms. The Kier molecular flexibility index (Phi) is 5.44. The highest BCUT2D eigenvalue weighted by Crippen LogP contribution is 2.25. The van der Waals surface area contributed by atoms with Gasteiger partial charge in [0.05, 0.1) is 0 Å². The molecule has 0 amide bonds. The van der Waals surface area contributed by atoms with E-state index < -0.39 is 0 Å². The van der Waals surface area contributed by atoms with Crippen LogP contribution in [0.4, 0.5) is 0 Å². The maximum Gasteiger partial charge on any atom is 0.120 e. The number of aryl methyl sites for hydroxylation is 1. The van der Waals surface area contributed by atoms with Crippen molar-refractivity contribution in [3.05, 3.63) is 29.3 Å². The Morgan fingerprint density at radius 1 is 1.35 bits per heavy atom. The Labute approximate surface area is 123 Å². The van der Waals surface area contributed by atoms with Gasteiger partial charge in [-0.3, -0.25) is 0 Å². The molecule has 2 N–H and O–H groups in total. The van der Waals surface area contributed by atoms with Crippen molar-refractivity contribution >= 4 is 0 Å². The zero-order valence-electron chi connectivity index (χ0n) is 13.0. The molecule has 1 heterocycles. The zero-order valence-corrected chi connectivity index (χ0v) is 13.0. The summed E-state index contributed by atoms with van der Waals surface area (Å²) in [6.45, 7) is 7.69. The molecular formula is C17H28N2O. The van der Waals surface area contributed by atoms with E-state index in [-0.39, 0.29) is 6.04 Å². The predicted molar refractivity (Wildman–Crippen MR) is 84.1 cm³/mol. The molecule has 0 aromatic heterocycles. The number of phenolic OH excluding ortho intramolecular Hbond substituents is 1. The second kappa shape index (κ2) is 7.09. The van der Waals surface area contributed by atoms with Gasteiger partial charge in [0.25, 0.3) is 0 Å². The lowest BCUT2D eigenvalue weighted by atomic mass is 9.93. The summed E-state index contributed by atoms with van der Waals surface area (Å²) in [6.07, 6.45) is 3.88. The highest BCUT2D eigenvalue weighted by Gasteiger charge is 2.17. The van der Waals surface area contributed by atoms with Gasteiger partial charge in [0.15, 0.2) is 0 Å². The SMILES string of the molecule is Cc1ccc(O)c(C(C)NCCC2CCN(C)CC2)c1. The standard InChI is InChI=1S/C17H28N2O/c1-13-4-5-17(20)16(12-13)14(2)18-9-6-15-7-10-19(3)11-8-15/h4-5,12,14-15,18,20H,6-11H2,1-3H3. The highest BCUT2D eigenvalue weighted by atomic mass is 16.3. The first-order valence-corrected chi connectivity index (χ1v) is 7.77. The fraction of sp³-hybridized carbons (Fsp3) is 0.647. The molecule has 3 heteroatoms. The average Bonchev–Trinajstić information content (AvgIpc) is 2.43. The van der Waals surface area contributed by atoms with Gasteiger partial charge in [-0.25, -0.2) is 0 Å². The summed E-state index contributed by atoms with van der Waals surface area (Å²) in [5.74, 6) is 1.26. The number of rotatable bonds is 5. The molecule has 0 spiro atoms. The van der Waals surface area contributed by atoms with Gasteiger partial charge in [0.1, 0.15) is 5.75 Å². The van der Waals surface area contributed by atoms with E-state index in [0.717, 1.165) is 18.0 Å². The van der Waals surface area contributed by atoms with Gasteiger partial charge in [-0.2, -0.15) is 0 Å². The van der Waals surface area contributed by atoms with E-state index in [1.807, 2.05) is 6.07 Å². The van der Waals surface area contributed by atoms with Crippen LogP contribution in [0.25, 0.3) is 0 Å². The summed E-state index contributed by atoms with van der Waals surface area (Å²) in [5.41, 5.74) is 2.20. The maximum atomic E-state index is 9.94. The molecule has 1 aliphatic heterocycles. The third-order valence-electron chi connectivity index (χ3n) is 4.49. The number of piperidine rings is 1. The van der Waals surface area contributed by atoms with Crippen LogP contribution in [0, 0.1) is 12.8 Å². The molecule has 0 saturated carbocycles. The van der Waals surface area contributed by atoms with Crippen LogP contribution < -0.4 is 5.32 Å². The first-order valence-electron chi connectivity index (χ1n) is 7.77. The summed E-state index contributed by atoms with van der Waals surface area (Å²) >= 11 is 0. The van der Waals surface area contributed by atoms with Crippen molar-refractivity contribution in [3.8, 4) is 5.75 Å². The van der Waals surface area contributed by atoms with Crippen molar-refractivity contribution in [2.75, 3.05) is 26.7 Å². The minimum absolute atomic E-state index is 0.209. The molecule has 1 unspecified atom stereocenters. The van der Waals surface area contributed by atoms with Gasteiger partial charge in [-0.15, -0.1) is 0 Å². The number of phenols is 1. The van der Waals surface area contributed by atoms with Crippen LogP contribution in [-0.2, 0) is 0 Å². The second-order valence-corrected chi connectivity index (χ2v) is 6.27. The van der Waals surface area contributed by atoms with E-state index in [9.17, 15) is 5.11 Å². The zero-order chi connectivity index (χ0) is 14.5. The minimum atomic E-state index is 0.209. The highest BCUT2D eigenvalue weighted by molar-refractivity contribution is 5.37. The predicted octanol–water partition coefficient (Wildman–Crippen LogP) is 3.08. The largest absolute Gasteiger partial charge is 0.508 e. The molecule has 0 radical (unpaired) electrons. The first-order chi connectivity index (χ1) is 9.56. The molecule has 1 aromatic rings. The topological polar surface area (TPSA) is 35.5 Å². The van der Waals surface area contributed by atoms with Crippen LogP contribution in [0.1, 0.15) is 43.4 Å². The number of benzene rings is 1. The van der Waals surface area contributed by atoms with Crippen LogP contribution in [0.5, 0.6) is 5.75 Å². The third-order valence-corrected chi connectivity index (χ3v) is 4.49. The molecule has 20 heavy (non-hydrogen) atoms. The number of aromatic hydroxyl groups is 1. The molecule has 1 aromatic carbocycles. The monoisotopic (exact) mass is 276 g/mol. The van der Waals surface area contributed by atoms with Crippen LogP contribution in [0.2, 0.25) is 0 Å². The number of hydrogen-bond donors (Lipinski definition) is 2. The number of likely N-dealkylation sites (tertiary alicyclic amines) is 1. The molecule has 3 nitrogen and oxygen atoms in total. The van der Waals surface area contributed by atoms with Crippen LogP contribution >= 0.6 is 0 Å². The molecule has 2 rings (SSSR count). The van der Waals surface area contributed by atoms with Crippen LogP contribution in [0.15, 0.2) is 18.2 Å². The summed E-state index contributed by atoms with van der Waals surface area (Å²) in [4.78, 5) is 2.41. The number of hydrogen-bond acceptors (Lipinski definition) is 3. The molecule has 1 saturated heterocycles. The third kappa shape index (κ3) is 4.22. The first kappa shape index (κ1) is 15.3. The van der Waals surface area contributed by atoms with Gasteiger partial charge in [-0.05, 0) is 71.8 Å². The van der Waals surface area contributed by atoms with E-state index in [1.165, 1.54) is 37.9 Å². The van der Waals surface area contributed by atoms with E-state index in [1.54, 1.807) is 6.07 Å². The fourth-order valence-corrected chi connectivity index (χ4v) is 2.99. The van der Waals surface area contributed by atoms with E-state index >= 15 is 0 Å². The average molecular weight is 276 g/mol.